The van der Waals surface area contributed by atoms with Gasteiger partial charge >= 0.3 is 0 Å². The summed E-state index contributed by atoms with van der Waals surface area (Å²) in [4.78, 5) is 5.66. The van der Waals surface area contributed by atoms with E-state index >= 15 is 0 Å². The molecule has 2 aromatic rings. The molecule has 2 heteroatoms. The summed E-state index contributed by atoms with van der Waals surface area (Å²) in [5, 5.41) is 1.07. The second kappa shape index (κ2) is 3.76. The van der Waals surface area contributed by atoms with Crippen molar-refractivity contribution in [2.24, 2.45) is 0 Å². The van der Waals surface area contributed by atoms with Gasteiger partial charge in [-0.15, -0.1) is 11.3 Å². The van der Waals surface area contributed by atoms with E-state index in [1.165, 1.54) is 5.56 Å². The van der Waals surface area contributed by atoms with E-state index in [0.717, 1.165) is 15.6 Å². The van der Waals surface area contributed by atoms with Crippen LogP contribution >= 0.6 is 11.3 Å². The molecule has 0 aliphatic heterocycles. The predicted octanol–water partition coefficient (Wildman–Crippen LogP) is 3.76. The van der Waals surface area contributed by atoms with E-state index in [4.69, 9.17) is 0 Å². The second-order valence-electron chi connectivity index (χ2n) is 3.04. The van der Waals surface area contributed by atoms with Gasteiger partial charge in [0.15, 0.2) is 0 Å². The summed E-state index contributed by atoms with van der Waals surface area (Å²) in [6.45, 7) is 5.78. The SMILES string of the molecule is C=Cc1sc(-c2ccccc2)nc1C. The molecule has 0 spiro atoms. The van der Waals surface area contributed by atoms with E-state index in [1.807, 2.05) is 31.2 Å². The molecule has 1 heterocycles. The highest BCUT2D eigenvalue weighted by molar-refractivity contribution is 7.16. The molecule has 1 nitrogen and oxygen atoms in total. The van der Waals surface area contributed by atoms with E-state index in [2.05, 4.69) is 23.7 Å². The zero-order valence-corrected chi connectivity index (χ0v) is 8.84. The molecule has 0 aliphatic carbocycles. The lowest BCUT2D eigenvalue weighted by Gasteiger charge is -1.92. The standard InChI is InChI=1S/C12H11NS/c1-3-11-9(2)13-12(14-11)10-7-5-4-6-8-10/h3-8H,1H2,2H3. The van der Waals surface area contributed by atoms with Crippen LogP contribution in [0.25, 0.3) is 16.6 Å². The third-order valence-corrected chi connectivity index (χ3v) is 3.24. The van der Waals surface area contributed by atoms with Crippen LogP contribution in [0.5, 0.6) is 0 Å². The van der Waals surface area contributed by atoms with Crippen molar-refractivity contribution in [3.63, 3.8) is 0 Å². The number of hydrogen-bond donors (Lipinski definition) is 0. The molecular weight excluding hydrogens is 190 g/mol. The Labute approximate surface area is 87.8 Å². The number of aromatic nitrogens is 1. The first-order valence-corrected chi connectivity index (χ1v) is 5.28. The molecule has 14 heavy (non-hydrogen) atoms. The van der Waals surface area contributed by atoms with Gasteiger partial charge in [-0.05, 0) is 6.92 Å². The molecule has 0 amide bonds. The van der Waals surface area contributed by atoms with Gasteiger partial charge in [-0.2, -0.15) is 0 Å². The second-order valence-corrected chi connectivity index (χ2v) is 4.07. The molecule has 70 valence electrons. The highest BCUT2D eigenvalue weighted by Crippen LogP contribution is 2.27. The van der Waals surface area contributed by atoms with Crippen LogP contribution in [0.15, 0.2) is 36.9 Å². The molecule has 1 aromatic carbocycles. The summed E-state index contributed by atoms with van der Waals surface area (Å²) in [5.74, 6) is 0. The summed E-state index contributed by atoms with van der Waals surface area (Å²) < 4.78 is 0. The van der Waals surface area contributed by atoms with Gasteiger partial charge in [0.25, 0.3) is 0 Å². The van der Waals surface area contributed by atoms with Gasteiger partial charge in [0.1, 0.15) is 5.01 Å². The maximum Gasteiger partial charge on any atom is 0.124 e. The molecule has 0 radical (unpaired) electrons. The van der Waals surface area contributed by atoms with Crippen LogP contribution < -0.4 is 0 Å². The summed E-state index contributed by atoms with van der Waals surface area (Å²) in [7, 11) is 0. The van der Waals surface area contributed by atoms with E-state index in [9.17, 15) is 0 Å². The van der Waals surface area contributed by atoms with Crippen LogP contribution in [-0.2, 0) is 0 Å². The van der Waals surface area contributed by atoms with Crippen molar-refractivity contribution in [1.82, 2.24) is 4.98 Å². The van der Waals surface area contributed by atoms with E-state index in [-0.39, 0.29) is 0 Å². The molecule has 0 saturated heterocycles. The van der Waals surface area contributed by atoms with Gasteiger partial charge in [-0.1, -0.05) is 43.0 Å². The summed E-state index contributed by atoms with van der Waals surface area (Å²) in [6.07, 6.45) is 1.86. The Balaban J connectivity index is 2.48. The van der Waals surface area contributed by atoms with Crippen LogP contribution in [-0.4, -0.2) is 4.98 Å². The van der Waals surface area contributed by atoms with E-state index in [1.54, 1.807) is 11.3 Å². The number of rotatable bonds is 2. The smallest absolute Gasteiger partial charge is 0.124 e. The van der Waals surface area contributed by atoms with Gasteiger partial charge in [0.2, 0.25) is 0 Å². The third-order valence-electron chi connectivity index (χ3n) is 2.04. The fourth-order valence-corrected chi connectivity index (χ4v) is 2.22. The molecule has 0 N–H and O–H groups in total. The van der Waals surface area contributed by atoms with Crippen molar-refractivity contribution in [2.45, 2.75) is 6.92 Å². The van der Waals surface area contributed by atoms with Crippen molar-refractivity contribution >= 4 is 17.4 Å². The molecule has 1 aromatic heterocycles. The Hall–Kier alpha value is -1.41. The monoisotopic (exact) mass is 201 g/mol. The lowest BCUT2D eigenvalue weighted by Crippen LogP contribution is -1.75. The predicted molar refractivity (Wildman–Crippen MR) is 62.4 cm³/mol. The average molecular weight is 201 g/mol. The molecule has 0 fully saturated rings. The Morgan fingerprint density at radius 2 is 2.00 bits per heavy atom. The topological polar surface area (TPSA) is 12.9 Å². The maximum absolute atomic E-state index is 4.50. The number of benzene rings is 1. The zero-order chi connectivity index (χ0) is 9.97. The minimum Gasteiger partial charge on any atom is -0.241 e. The van der Waals surface area contributed by atoms with Crippen molar-refractivity contribution in [3.8, 4) is 10.6 Å². The minimum absolute atomic E-state index is 1.06. The van der Waals surface area contributed by atoms with Crippen molar-refractivity contribution < 1.29 is 0 Å². The molecule has 0 bridgehead atoms. The molecule has 0 saturated carbocycles. The van der Waals surface area contributed by atoms with E-state index in [0.29, 0.717) is 0 Å². The first-order valence-electron chi connectivity index (χ1n) is 4.46. The lowest BCUT2D eigenvalue weighted by atomic mass is 10.2. The number of hydrogen-bond acceptors (Lipinski definition) is 2. The minimum atomic E-state index is 1.06. The maximum atomic E-state index is 4.50. The summed E-state index contributed by atoms with van der Waals surface area (Å²) in [5.41, 5.74) is 2.23. The molecule has 0 aliphatic rings. The Bertz CT molecular complexity index is 443. The van der Waals surface area contributed by atoms with Gasteiger partial charge in [-0.3, -0.25) is 0 Å². The number of aryl methyl sites for hydroxylation is 1. The van der Waals surface area contributed by atoms with Gasteiger partial charge in [0, 0.05) is 10.4 Å². The fourth-order valence-electron chi connectivity index (χ4n) is 1.30. The lowest BCUT2D eigenvalue weighted by molar-refractivity contribution is 1.26. The molecular formula is C12H11NS. The first kappa shape index (κ1) is 9.16. The number of thiazole rings is 1. The Kier molecular flexibility index (Phi) is 2.46. The van der Waals surface area contributed by atoms with Gasteiger partial charge in [0.05, 0.1) is 5.69 Å². The number of nitrogens with zero attached hydrogens (tertiary/aromatic N) is 1. The largest absolute Gasteiger partial charge is 0.241 e. The normalized spacial score (nSPS) is 10.1. The van der Waals surface area contributed by atoms with Crippen LogP contribution in [0.1, 0.15) is 10.6 Å². The highest BCUT2D eigenvalue weighted by atomic mass is 32.1. The van der Waals surface area contributed by atoms with Crippen LogP contribution in [0.3, 0.4) is 0 Å². The Morgan fingerprint density at radius 1 is 1.29 bits per heavy atom. The molecule has 0 unspecified atom stereocenters. The van der Waals surface area contributed by atoms with Crippen LogP contribution in [0.2, 0.25) is 0 Å². The molecule has 0 atom stereocenters. The van der Waals surface area contributed by atoms with Crippen LogP contribution in [0, 0.1) is 6.92 Å². The Morgan fingerprint density at radius 3 is 2.57 bits per heavy atom. The third kappa shape index (κ3) is 1.61. The highest BCUT2D eigenvalue weighted by Gasteiger charge is 2.05. The molecule has 2 rings (SSSR count). The van der Waals surface area contributed by atoms with Crippen molar-refractivity contribution in [1.29, 1.82) is 0 Å². The fraction of sp³-hybridized carbons (Fsp3) is 0.0833. The summed E-state index contributed by atoms with van der Waals surface area (Å²) >= 11 is 1.68. The summed E-state index contributed by atoms with van der Waals surface area (Å²) in [6, 6.07) is 10.2. The van der Waals surface area contributed by atoms with Crippen LogP contribution in [0.4, 0.5) is 0 Å². The first-order chi connectivity index (χ1) is 6.81. The van der Waals surface area contributed by atoms with Crippen molar-refractivity contribution in [3.05, 3.63) is 47.5 Å². The van der Waals surface area contributed by atoms with Crippen molar-refractivity contribution in [2.75, 3.05) is 0 Å². The van der Waals surface area contributed by atoms with Gasteiger partial charge in [-0.25, -0.2) is 4.98 Å². The zero-order valence-electron chi connectivity index (χ0n) is 8.03. The van der Waals surface area contributed by atoms with E-state index < -0.39 is 0 Å². The quantitative estimate of drug-likeness (QED) is 0.721. The van der Waals surface area contributed by atoms with Gasteiger partial charge < -0.3 is 0 Å². The average Bonchev–Trinajstić information content (AvgIpc) is 2.61.